The number of hydrogen-bond acceptors (Lipinski definition) is 3. The van der Waals surface area contributed by atoms with Crippen molar-refractivity contribution in [2.24, 2.45) is 0 Å². The van der Waals surface area contributed by atoms with Crippen molar-refractivity contribution in [1.82, 2.24) is 10.9 Å². The molecule has 0 heterocycles. The molecule has 0 fully saturated rings. The predicted octanol–water partition coefficient (Wildman–Crippen LogP) is 3.86. The van der Waals surface area contributed by atoms with Gasteiger partial charge in [-0.1, -0.05) is 23.2 Å². The molecule has 2 N–H and O–H groups in total. The summed E-state index contributed by atoms with van der Waals surface area (Å²) in [6.07, 6.45) is 0.0476. The van der Waals surface area contributed by atoms with Crippen molar-refractivity contribution >= 4 is 35.0 Å². The molecular weight excluding hydrogens is 351 g/mol. The minimum Gasteiger partial charge on any atom is -0.491 e. The number of nitrogens with one attached hydrogen (secondary N) is 2. The second-order valence-corrected chi connectivity index (χ2v) is 6.07. The number of rotatable bonds is 4. The van der Waals surface area contributed by atoms with Crippen LogP contribution in [-0.4, -0.2) is 17.9 Å². The van der Waals surface area contributed by atoms with E-state index < -0.39 is 11.8 Å². The van der Waals surface area contributed by atoms with Crippen molar-refractivity contribution in [1.29, 1.82) is 0 Å². The molecule has 0 saturated heterocycles. The molecule has 0 atom stereocenters. The number of carbonyl (C=O) groups excluding carboxylic acids is 2. The molecule has 0 spiro atoms. The van der Waals surface area contributed by atoms with Gasteiger partial charge in [-0.2, -0.15) is 0 Å². The van der Waals surface area contributed by atoms with Gasteiger partial charge in [0.1, 0.15) is 5.75 Å². The van der Waals surface area contributed by atoms with E-state index in [0.29, 0.717) is 16.3 Å². The van der Waals surface area contributed by atoms with Crippen LogP contribution in [0, 0.1) is 0 Å². The quantitative estimate of drug-likeness (QED) is 0.807. The topological polar surface area (TPSA) is 67.4 Å². The summed E-state index contributed by atoms with van der Waals surface area (Å²) < 4.78 is 5.50. The average Bonchev–Trinajstić information content (AvgIpc) is 2.54. The second kappa shape index (κ2) is 8.04. The maximum Gasteiger partial charge on any atom is 0.271 e. The normalized spacial score (nSPS) is 10.4. The van der Waals surface area contributed by atoms with Gasteiger partial charge in [0.15, 0.2) is 0 Å². The Kier molecular flexibility index (Phi) is 6.06. The zero-order valence-electron chi connectivity index (χ0n) is 13.1. The lowest BCUT2D eigenvalue weighted by atomic mass is 10.2. The molecule has 0 radical (unpaired) electrons. The van der Waals surface area contributed by atoms with Gasteiger partial charge in [-0.25, -0.2) is 0 Å². The highest BCUT2D eigenvalue weighted by atomic mass is 35.5. The maximum atomic E-state index is 12.0. The molecule has 0 aliphatic rings. The summed E-state index contributed by atoms with van der Waals surface area (Å²) in [6, 6.07) is 11.1. The summed E-state index contributed by atoms with van der Waals surface area (Å²) in [7, 11) is 0. The largest absolute Gasteiger partial charge is 0.491 e. The number of carbonyl (C=O) groups is 2. The van der Waals surface area contributed by atoms with Crippen LogP contribution in [0.25, 0.3) is 0 Å². The first-order valence-corrected chi connectivity index (χ1v) is 7.95. The Hall–Kier alpha value is -2.24. The van der Waals surface area contributed by atoms with E-state index in [0.717, 1.165) is 0 Å². The molecule has 0 aromatic heterocycles. The van der Waals surface area contributed by atoms with Crippen molar-refractivity contribution in [3.8, 4) is 5.75 Å². The number of hydrogen-bond donors (Lipinski definition) is 2. The lowest BCUT2D eigenvalue weighted by Gasteiger charge is -2.11. The van der Waals surface area contributed by atoms with Crippen LogP contribution in [0.2, 0.25) is 10.0 Å². The minimum absolute atomic E-state index is 0.0476. The molecule has 2 amide bonds. The van der Waals surface area contributed by atoms with E-state index in [4.69, 9.17) is 27.9 Å². The third-order valence-corrected chi connectivity index (χ3v) is 3.52. The Morgan fingerprint density at radius 1 is 0.958 bits per heavy atom. The Bertz CT molecular complexity index is 746. The van der Waals surface area contributed by atoms with E-state index >= 15 is 0 Å². The molecule has 2 aromatic rings. The Morgan fingerprint density at radius 2 is 1.58 bits per heavy atom. The molecule has 0 aliphatic heterocycles. The molecular formula is C17H16Cl2N2O3. The highest BCUT2D eigenvalue weighted by Crippen LogP contribution is 2.20. The number of hydrazine groups is 1. The third-order valence-electron chi connectivity index (χ3n) is 2.95. The summed E-state index contributed by atoms with van der Waals surface area (Å²) >= 11 is 11.8. The van der Waals surface area contributed by atoms with E-state index in [1.807, 2.05) is 13.8 Å². The molecule has 0 saturated carbocycles. The molecule has 0 bridgehead atoms. The van der Waals surface area contributed by atoms with Gasteiger partial charge >= 0.3 is 0 Å². The van der Waals surface area contributed by atoms with Gasteiger partial charge < -0.3 is 4.74 Å². The minimum atomic E-state index is -0.560. The summed E-state index contributed by atoms with van der Waals surface area (Å²) in [5, 5.41) is 0.609. The first-order chi connectivity index (χ1) is 11.4. The van der Waals surface area contributed by atoms with Gasteiger partial charge in [0.25, 0.3) is 11.8 Å². The fourth-order valence-corrected chi connectivity index (χ4v) is 2.26. The fourth-order valence-electron chi connectivity index (χ4n) is 1.88. The number of ether oxygens (including phenoxy) is 1. The second-order valence-electron chi connectivity index (χ2n) is 5.22. The van der Waals surface area contributed by atoms with E-state index in [9.17, 15) is 9.59 Å². The van der Waals surface area contributed by atoms with E-state index in [-0.39, 0.29) is 16.7 Å². The van der Waals surface area contributed by atoms with Gasteiger partial charge in [-0.3, -0.25) is 20.4 Å². The van der Waals surface area contributed by atoms with Crippen molar-refractivity contribution in [3.05, 3.63) is 63.6 Å². The zero-order valence-corrected chi connectivity index (χ0v) is 14.6. The molecule has 7 heteroatoms. The SMILES string of the molecule is CC(C)Oc1ccc(C(=O)NNC(=O)c2cc(Cl)ccc2Cl)cc1. The van der Waals surface area contributed by atoms with Gasteiger partial charge in [0.2, 0.25) is 0 Å². The van der Waals surface area contributed by atoms with Gasteiger partial charge in [0, 0.05) is 10.6 Å². The van der Waals surface area contributed by atoms with Crippen LogP contribution in [0.1, 0.15) is 34.6 Å². The molecule has 0 aliphatic carbocycles. The van der Waals surface area contributed by atoms with Crippen molar-refractivity contribution in [2.45, 2.75) is 20.0 Å². The Morgan fingerprint density at radius 3 is 2.21 bits per heavy atom. The lowest BCUT2D eigenvalue weighted by molar-refractivity contribution is 0.0846. The van der Waals surface area contributed by atoms with Crippen LogP contribution in [-0.2, 0) is 0 Å². The van der Waals surface area contributed by atoms with Crippen LogP contribution in [0.15, 0.2) is 42.5 Å². The predicted molar refractivity (Wildman–Crippen MR) is 93.6 cm³/mol. The monoisotopic (exact) mass is 366 g/mol. The zero-order chi connectivity index (χ0) is 17.7. The lowest BCUT2D eigenvalue weighted by Crippen LogP contribution is -2.41. The van der Waals surface area contributed by atoms with Gasteiger partial charge in [0.05, 0.1) is 16.7 Å². The van der Waals surface area contributed by atoms with Crippen molar-refractivity contribution < 1.29 is 14.3 Å². The first kappa shape index (κ1) is 18.1. The molecule has 0 unspecified atom stereocenters. The molecule has 2 aromatic carbocycles. The van der Waals surface area contributed by atoms with Crippen LogP contribution in [0.5, 0.6) is 5.75 Å². The van der Waals surface area contributed by atoms with E-state index in [2.05, 4.69) is 10.9 Å². The molecule has 24 heavy (non-hydrogen) atoms. The molecule has 5 nitrogen and oxygen atoms in total. The number of benzene rings is 2. The maximum absolute atomic E-state index is 12.0. The van der Waals surface area contributed by atoms with E-state index in [1.165, 1.54) is 12.1 Å². The highest BCUT2D eigenvalue weighted by Gasteiger charge is 2.13. The van der Waals surface area contributed by atoms with Crippen LogP contribution >= 0.6 is 23.2 Å². The number of halogens is 2. The summed E-state index contributed by atoms with van der Waals surface area (Å²) in [6.45, 7) is 3.83. The van der Waals surface area contributed by atoms with Gasteiger partial charge in [-0.15, -0.1) is 0 Å². The standard InChI is InChI=1S/C17H16Cl2N2O3/c1-10(2)24-13-6-3-11(4-7-13)16(22)20-21-17(23)14-9-12(18)5-8-15(14)19/h3-10H,1-2H3,(H,20,22)(H,21,23). The molecule has 126 valence electrons. The van der Waals surface area contributed by atoms with Crippen molar-refractivity contribution in [2.75, 3.05) is 0 Å². The summed E-state index contributed by atoms with van der Waals surface area (Å²) in [5.74, 6) is -0.357. The highest BCUT2D eigenvalue weighted by molar-refractivity contribution is 6.35. The van der Waals surface area contributed by atoms with Crippen molar-refractivity contribution in [3.63, 3.8) is 0 Å². The molecule has 2 rings (SSSR count). The van der Waals surface area contributed by atoms with Crippen LogP contribution in [0.4, 0.5) is 0 Å². The van der Waals surface area contributed by atoms with Crippen LogP contribution < -0.4 is 15.6 Å². The smallest absolute Gasteiger partial charge is 0.271 e. The number of amides is 2. The first-order valence-electron chi connectivity index (χ1n) is 7.19. The fraction of sp³-hybridized carbons (Fsp3) is 0.176. The Balaban J connectivity index is 1.97. The van der Waals surface area contributed by atoms with Gasteiger partial charge in [-0.05, 0) is 56.3 Å². The summed E-state index contributed by atoms with van der Waals surface area (Å²) in [4.78, 5) is 24.1. The summed E-state index contributed by atoms with van der Waals surface area (Å²) in [5.41, 5.74) is 5.17. The Labute approximate surface area is 149 Å². The van der Waals surface area contributed by atoms with E-state index in [1.54, 1.807) is 30.3 Å². The average molecular weight is 367 g/mol. The van der Waals surface area contributed by atoms with Crippen LogP contribution in [0.3, 0.4) is 0 Å². The third kappa shape index (κ3) is 4.88.